The van der Waals surface area contributed by atoms with E-state index in [1.807, 2.05) is 0 Å². The van der Waals surface area contributed by atoms with Crippen LogP contribution in [0, 0.1) is 11.3 Å². The van der Waals surface area contributed by atoms with Gasteiger partial charge in [-0.1, -0.05) is 24.3 Å². The topological polar surface area (TPSA) is 30.3 Å². The Bertz CT molecular complexity index is 479. The van der Waals surface area contributed by atoms with Crippen LogP contribution in [0.15, 0.2) is 24.3 Å². The van der Waals surface area contributed by atoms with Crippen LogP contribution < -0.4 is 0 Å². The van der Waals surface area contributed by atoms with E-state index in [9.17, 15) is 5.26 Å². The van der Waals surface area contributed by atoms with E-state index in [1.165, 1.54) is 24.0 Å². The standard InChI is InChI=1S/C16H21N3/c1-18-8-10-19(11-9-18)16(12-17)15-5-3-2-4-14(15)13-6-7-13/h2-5,13,16H,6-11H2,1H3. The second-order valence-corrected chi connectivity index (χ2v) is 5.77. The SMILES string of the molecule is CN1CCN(C(C#N)c2ccccc2C2CC2)CC1. The summed E-state index contributed by atoms with van der Waals surface area (Å²) in [6.07, 6.45) is 2.58. The summed E-state index contributed by atoms with van der Waals surface area (Å²) in [6.45, 7) is 4.11. The van der Waals surface area contributed by atoms with E-state index in [4.69, 9.17) is 0 Å². The van der Waals surface area contributed by atoms with E-state index >= 15 is 0 Å². The predicted octanol–water partition coefficient (Wildman–Crippen LogP) is 2.38. The smallest absolute Gasteiger partial charge is 0.124 e. The third-order valence-electron chi connectivity index (χ3n) is 4.33. The first-order valence-electron chi connectivity index (χ1n) is 7.20. The lowest BCUT2D eigenvalue weighted by atomic mass is 9.96. The molecule has 19 heavy (non-hydrogen) atoms. The fraction of sp³-hybridized carbons (Fsp3) is 0.562. The van der Waals surface area contributed by atoms with E-state index < -0.39 is 0 Å². The molecule has 0 radical (unpaired) electrons. The van der Waals surface area contributed by atoms with Gasteiger partial charge in [-0.2, -0.15) is 5.26 Å². The van der Waals surface area contributed by atoms with Crippen LogP contribution in [0.2, 0.25) is 0 Å². The molecule has 3 rings (SSSR count). The minimum Gasteiger partial charge on any atom is -0.304 e. The number of likely N-dealkylation sites (N-methyl/N-ethyl adjacent to an activating group) is 1. The molecule has 1 aromatic rings. The summed E-state index contributed by atoms with van der Waals surface area (Å²) in [4.78, 5) is 4.67. The maximum atomic E-state index is 9.62. The van der Waals surface area contributed by atoms with Crippen molar-refractivity contribution in [3.8, 4) is 6.07 Å². The number of nitrogens with zero attached hydrogens (tertiary/aromatic N) is 3. The molecule has 0 spiro atoms. The number of rotatable bonds is 3. The Morgan fingerprint density at radius 1 is 1.16 bits per heavy atom. The van der Waals surface area contributed by atoms with E-state index in [0.29, 0.717) is 5.92 Å². The highest BCUT2D eigenvalue weighted by atomic mass is 15.3. The average molecular weight is 255 g/mol. The van der Waals surface area contributed by atoms with Gasteiger partial charge in [0.1, 0.15) is 6.04 Å². The summed E-state index contributed by atoms with van der Waals surface area (Å²) in [6, 6.07) is 11.0. The van der Waals surface area contributed by atoms with Gasteiger partial charge in [-0.05, 0) is 36.9 Å². The zero-order valence-corrected chi connectivity index (χ0v) is 11.5. The van der Waals surface area contributed by atoms with Crippen LogP contribution in [0.5, 0.6) is 0 Å². The van der Waals surface area contributed by atoms with Gasteiger partial charge in [0.15, 0.2) is 0 Å². The normalized spacial score (nSPS) is 22.9. The molecule has 0 amide bonds. The molecule has 1 saturated heterocycles. The van der Waals surface area contributed by atoms with E-state index in [1.54, 1.807) is 0 Å². The molecular formula is C16H21N3. The van der Waals surface area contributed by atoms with Gasteiger partial charge >= 0.3 is 0 Å². The molecule has 1 aliphatic heterocycles. The quantitative estimate of drug-likeness (QED) is 0.830. The molecule has 1 heterocycles. The number of benzene rings is 1. The van der Waals surface area contributed by atoms with Crippen molar-refractivity contribution in [3.05, 3.63) is 35.4 Å². The van der Waals surface area contributed by atoms with E-state index in [0.717, 1.165) is 26.2 Å². The highest BCUT2D eigenvalue weighted by Gasteiger charge is 2.31. The third-order valence-corrected chi connectivity index (χ3v) is 4.33. The van der Waals surface area contributed by atoms with Gasteiger partial charge in [-0.25, -0.2) is 0 Å². The van der Waals surface area contributed by atoms with E-state index in [-0.39, 0.29) is 6.04 Å². The monoisotopic (exact) mass is 255 g/mol. The number of piperazine rings is 1. The second kappa shape index (κ2) is 5.32. The molecule has 1 saturated carbocycles. The van der Waals surface area contributed by atoms with Crippen molar-refractivity contribution in [1.82, 2.24) is 9.80 Å². The summed E-state index contributed by atoms with van der Waals surface area (Å²) in [5, 5.41) is 9.62. The van der Waals surface area contributed by atoms with Crippen molar-refractivity contribution in [2.75, 3.05) is 33.2 Å². The molecule has 2 aliphatic rings. The maximum absolute atomic E-state index is 9.62. The Kier molecular flexibility index (Phi) is 3.54. The molecule has 0 N–H and O–H groups in total. The van der Waals surface area contributed by atoms with Gasteiger partial charge in [-0.15, -0.1) is 0 Å². The molecule has 3 heteroatoms. The molecule has 0 bridgehead atoms. The highest BCUT2D eigenvalue weighted by molar-refractivity contribution is 5.38. The minimum absolute atomic E-state index is 0.0644. The van der Waals surface area contributed by atoms with Crippen LogP contribution in [0.25, 0.3) is 0 Å². The second-order valence-electron chi connectivity index (χ2n) is 5.77. The lowest BCUT2D eigenvalue weighted by molar-refractivity contribution is 0.132. The number of hydrogen-bond acceptors (Lipinski definition) is 3. The largest absolute Gasteiger partial charge is 0.304 e. The van der Waals surface area contributed by atoms with Crippen LogP contribution in [-0.4, -0.2) is 43.0 Å². The van der Waals surface area contributed by atoms with Crippen molar-refractivity contribution in [2.24, 2.45) is 0 Å². The Hall–Kier alpha value is -1.37. The van der Waals surface area contributed by atoms with Gasteiger partial charge < -0.3 is 4.90 Å². The third kappa shape index (κ3) is 2.65. The zero-order chi connectivity index (χ0) is 13.2. The Balaban J connectivity index is 1.84. The Labute approximate surface area is 115 Å². The molecule has 1 aromatic carbocycles. The average Bonchev–Trinajstić information content (AvgIpc) is 3.27. The molecular weight excluding hydrogens is 234 g/mol. The van der Waals surface area contributed by atoms with Crippen molar-refractivity contribution in [3.63, 3.8) is 0 Å². The summed E-state index contributed by atoms with van der Waals surface area (Å²) >= 11 is 0. The van der Waals surface area contributed by atoms with Crippen LogP contribution in [-0.2, 0) is 0 Å². The van der Waals surface area contributed by atoms with Gasteiger partial charge in [-0.3, -0.25) is 4.90 Å². The molecule has 1 aliphatic carbocycles. The molecule has 3 nitrogen and oxygen atoms in total. The molecule has 2 fully saturated rings. The van der Waals surface area contributed by atoms with Crippen LogP contribution in [0.4, 0.5) is 0 Å². The van der Waals surface area contributed by atoms with Crippen LogP contribution >= 0.6 is 0 Å². The summed E-state index contributed by atoms with van der Waals surface area (Å²) < 4.78 is 0. The van der Waals surface area contributed by atoms with Crippen molar-refractivity contribution < 1.29 is 0 Å². The van der Waals surface area contributed by atoms with Crippen molar-refractivity contribution >= 4 is 0 Å². The van der Waals surface area contributed by atoms with Gasteiger partial charge in [0, 0.05) is 26.2 Å². The molecule has 0 aromatic heterocycles. The maximum Gasteiger partial charge on any atom is 0.124 e. The van der Waals surface area contributed by atoms with Gasteiger partial charge in [0.25, 0.3) is 0 Å². The molecule has 1 unspecified atom stereocenters. The number of hydrogen-bond donors (Lipinski definition) is 0. The van der Waals surface area contributed by atoms with E-state index in [2.05, 4.69) is 47.2 Å². The lowest BCUT2D eigenvalue weighted by Gasteiger charge is -2.35. The Morgan fingerprint density at radius 2 is 1.84 bits per heavy atom. The fourth-order valence-corrected chi connectivity index (χ4v) is 2.95. The van der Waals surface area contributed by atoms with Crippen molar-refractivity contribution in [2.45, 2.75) is 24.8 Å². The number of nitriles is 1. The fourth-order valence-electron chi connectivity index (χ4n) is 2.95. The zero-order valence-electron chi connectivity index (χ0n) is 11.5. The first-order chi connectivity index (χ1) is 9.29. The molecule has 100 valence electrons. The van der Waals surface area contributed by atoms with Crippen LogP contribution in [0.1, 0.15) is 35.9 Å². The lowest BCUT2D eigenvalue weighted by Crippen LogP contribution is -2.45. The summed E-state index contributed by atoms with van der Waals surface area (Å²) in [7, 11) is 2.15. The first kappa shape index (κ1) is 12.7. The Morgan fingerprint density at radius 3 is 2.47 bits per heavy atom. The molecule has 1 atom stereocenters. The first-order valence-corrected chi connectivity index (χ1v) is 7.20. The minimum atomic E-state index is -0.0644. The van der Waals surface area contributed by atoms with Crippen LogP contribution in [0.3, 0.4) is 0 Å². The highest BCUT2D eigenvalue weighted by Crippen LogP contribution is 2.43. The van der Waals surface area contributed by atoms with Gasteiger partial charge in [0.2, 0.25) is 0 Å². The summed E-state index contributed by atoms with van der Waals surface area (Å²) in [5.41, 5.74) is 2.66. The van der Waals surface area contributed by atoms with Gasteiger partial charge in [0.05, 0.1) is 6.07 Å². The summed E-state index contributed by atoms with van der Waals surface area (Å²) in [5.74, 6) is 0.708. The van der Waals surface area contributed by atoms with Crippen molar-refractivity contribution in [1.29, 1.82) is 5.26 Å². The predicted molar refractivity (Wildman–Crippen MR) is 75.8 cm³/mol.